The number of hydrazone groups is 1. The number of anilines is 1. The topological polar surface area (TPSA) is 97.3 Å². The monoisotopic (exact) mass is 432 g/mol. The Balaban J connectivity index is 1.52. The van der Waals surface area contributed by atoms with Gasteiger partial charge in [0.05, 0.1) is 18.0 Å². The van der Waals surface area contributed by atoms with Gasteiger partial charge in [-0.25, -0.2) is 5.43 Å². The van der Waals surface area contributed by atoms with Gasteiger partial charge in [-0.3, -0.25) is 4.79 Å². The molecule has 0 fully saturated rings. The number of furan rings is 1. The van der Waals surface area contributed by atoms with E-state index >= 15 is 0 Å². The lowest BCUT2D eigenvalue weighted by Gasteiger charge is -2.10. The maximum atomic E-state index is 12.2. The number of carbonyl (C=O) groups excluding carboxylic acids is 1. The van der Waals surface area contributed by atoms with Crippen LogP contribution in [0.5, 0.6) is 0 Å². The quantitative estimate of drug-likeness (QED) is 0.320. The van der Waals surface area contributed by atoms with E-state index in [9.17, 15) is 4.79 Å². The predicted octanol–water partition coefficient (Wildman–Crippen LogP) is 3.61. The van der Waals surface area contributed by atoms with Crippen LogP contribution in [0.2, 0.25) is 5.02 Å². The highest BCUT2D eigenvalue weighted by atomic mass is 35.5. The van der Waals surface area contributed by atoms with E-state index in [2.05, 4.69) is 26.0 Å². The molecule has 0 aliphatic heterocycles. The third-order valence-corrected chi connectivity index (χ3v) is 5.35. The minimum absolute atomic E-state index is 0.240. The lowest BCUT2D eigenvalue weighted by molar-refractivity contribution is -0.120. The summed E-state index contributed by atoms with van der Waals surface area (Å²) in [5.41, 5.74) is 3.40. The minimum atomic E-state index is -0.401. The number of nitrogens with zero attached hydrogens (tertiary/aromatic N) is 4. The number of halogens is 1. The number of aryl methyl sites for hydroxylation is 1. The first-order chi connectivity index (χ1) is 13.9. The molecule has 2 heterocycles. The van der Waals surface area contributed by atoms with Crippen molar-refractivity contribution in [3.05, 3.63) is 58.8 Å². The Morgan fingerprint density at radius 1 is 1.38 bits per heavy atom. The molecule has 0 aliphatic carbocycles. The van der Waals surface area contributed by atoms with Gasteiger partial charge in [0.2, 0.25) is 0 Å². The van der Waals surface area contributed by atoms with E-state index in [0.717, 1.165) is 17.3 Å². The van der Waals surface area contributed by atoms with Gasteiger partial charge < -0.3 is 14.3 Å². The van der Waals surface area contributed by atoms with Gasteiger partial charge in [0.25, 0.3) is 5.91 Å². The number of hydrogen-bond acceptors (Lipinski definition) is 7. The fourth-order valence-corrected chi connectivity index (χ4v) is 3.38. The lowest BCUT2D eigenvalue weighted by atomic mass is 10.3. The zero-order valence-electron chi connectivity index (χ0n) is 16.2. The SMILES string of the molecule is Cc1ccc(/C=N/NC(=O)C(C)Sc2nnc(CNc3cccc(Cl)c3)n2C)o1. The van der Waals surface area contributed by atoms with E-state index in [1.807, 2.05) is 48.9 Å². The van der Waals surface area contributed by atoms with Gasteiger partial charge in [-0.15, -0.1) is 10.2 Å². The van der Waals surface area contributed by atoms with Crippen molar-refractivity contribution >= 4 is 41.2 Å². The van der Waals surface area contributed by atoms with Crippen LogP contribution in [-0.2, 0) is 18.4 Å². The van der Waals surface area contributed by atoms with Crippen molar-refractivity contribution in [3.63, 3.8) is 0 Å². The smallest absolute Gasteiger partial charge is 0.253 e. The van der Waals surface area contributed by atoms with Crippen LogP contribution < -0.4 is 10.7 Å². The minimum Gasteiger partial charge on any atom is -0.460 e. The van der Waals surface area contributed by atoms with Crippen molar-refractivity contribution in [2.75, 3.05) is 5.32 Å². The van der Waals surface area contributed by atoms with Crippen LogP contribution in [0.15, 0.2) is 51.1 Å². The highest BCUT2D eigenvalue weighted by molar-refractivity contribution is 8.00. The van der Waals surface area contributed by atoms with E-state index in [0.29, 0.717) is 22.5 Å². The molecule has 29 heavy (non-hydrogen) atoms. The summed E-state index contributed by atoms with van der Waals surface area (Å²) in [6.45, 7) is 4.11. The summed E-state index contributed by atoms with van der Waals surface area (Å²) in [4.78, 5) is 12.2. The molecule has 1 amide bonds. The number of rotatable bonds is 8. The highest BCUT2D eigenvalue weighted by Gasteiger charge is 2.18. The average molecular weight is 433 g/mol. The largest absolute Gasteiger partial charge is 0.460 e. The van der Waals surface area contributed by atoms with Gasteiger partial charge >= 0.3 is 0 Å². The second kappa shape index (κ2) is 9.62. The van der Waals surface area contributed by atoms with Crippen LogP contribution in [0.25, 0.3) is 0 Å². The molecule has 152 valence electrons. The molecule has 1 aromatic carbocycles. The zero-order valence-corrected chi connectivity index (χ0v) is 17.8. The molecular formula is C19H21ClN6O2S. The molecule has 0 saturated heterocycles. The molecule has 1 atom stereocenters. The number of hydrogen-bond donors (Lipinski definition) is 2. The number of thioether (sulfide) groups is 1. The third-order valence-electron chi connectivity index (χ3n) is 3.98. The molecule has 0 bridgehead atoms. The summed E-state index contributed by atoms with van der Waals surface area (Å²) in [6, 6.07) is 11.1. The Kier molecular flexibility index (Phi) is 6.95. The summed E-state index contributed by atoms with van der Waals surface area (Å²) in [5, 5.41) is 16.4. The number of amides is 1. The maximum absolute atomic E-state index is 12.2. The van der Waals surface area contributed by atoms with Crippen molar-refractivity contribution in [2.24, 2.45) is 12.1 Å². The van der Waals surface area contributed by atoms with Crippen molar-refractivity contribution in [2.45, 2.75) is 30.8 Å². The fourth-order valence-electron chi connectivity index (χ4n) is 2.37. The number of carbonyl (C=O) groups is 1. The van der Waals surface area contributed by atoms with E-state index in [1.165, 1.54) is 18.0 Å². The molecule has 0 saturated carbocycles. The van der Waals surface area contributed by atoms with Gasteiger partial charge in [-0.1, -0.05) is 29.4 Å². The molecule has 0 aliphatic rings. The van der Waals surface area contributed by atoms with Crippen LogP contribution >= 0.6 is 23.4 Å². The molecule has 2 N–H and O–H groups in total. The van der Waals surface area contributed by atoms with Gasteiger partial charge in [-0.05, 0) is 44.2 Å². The van der Waals surface area contributed by atoms with Crippen LogP contribution in [-0.4, -0.2) is 32.1 Å². The van der Waals surface area contributed by atoms with Crippen molar-refractivity contribution in [3.8, 4) is 0 Å². The standard InChI is InChI=1S/C19H21ClN6O2S/c1-12-7-8-16(28-12)10-22-24-18(27)13(2)29-19-25-23-17(26(19)3)11-21-15-6-4-5-14(20)9-15/h4-10,13,21H,11H2,1-3H3,(H,24,27)/b22-10+. The lowest BCUT2D eigenvalue weighted by Crippen LogP contribution is -2.27. The summed E-state index contributed by atoms with van der Waals surface area (Å²) in [7, 11) is 1.86. The van der Waals surface area contributed by atoms with E-state index in [1.54, 1.807) is 13.0 Å². The summed E-state index contributed by atoms with van der Waals surface area (Å²) >= 11 is 7.30. The summed E-state index contributed by atoms with van der Waals surface area (Å²) in [6.07, 6.45) is 1.46. The molecule has 0 spiro atoms. The molecule has 10 heteroatoms. The van der Waals surface area contributed by atoms with Crippen molar-refractivity contribution < 1.29 is 9.21 Å². The normalized spacial score (nSPS) is 12.3. The number of benzene rings is 1. The second-order valence-corrected chi connectivity index (χ2v) is 8.01. The van der Waals surface area contributed by atoms with Gasteiger partial charge in [0.1, 0.15) is 11.5 Å². The molecule has 2 aromatic heterocycles. The Bertz CT molecular complexity index is 1020. The zero-order chi connectivity index (χ0) is 20.8. The summed E-state index contributed by atoms with van der Waals surface area (Å²) in [5.74, 6) is 1.86. The van der Waals surface area contributed by atoms with Crippen LogP contribution in [0.4, 0.5) is 5.69 Å². The van der Waals surface area contributed by atoms with Crippen molar-refractivity contribution in [1.82, 2.24) is 20.2 Å². The number of aromatic nitrogens is 3. The maximum Gasteiger partial charge on any atom is 0.253 e. The van der Waals surface area contributed by atoms with E-state index < -0.39 is 5.25 Å². The molecule has 8 nitrogen and oxygen atoms in total. The Labute approximate surface area is 177 Å². The molecule has 1 unspecified atom stereocenters. The van der Waals surface area contributed by atoms with E-state index in [4.69, 9.17) is 16.0 Å². The number of nitrogens with one attached hydrogen (secondary N) is 2. The van der Waals surface area contributed by atoms with Crippen LogP contribution in [0, 0.1) is 6.92 Å². The third kappa shape index (κ3) is 5.85. The van der Waals surface area contributed by atoms with Crippen LogP contribution in [0.3, 0.4) is 0 Å². The van der Waals surface area contributed by atoms with Crippen molar-refractivity contribution in [1.29, 1.82) is 0 Å². The first-order valence-corrected chi connectivity index (χ1v) is 10.1. The van der Waals surface area contributed by atoms with Crippen LogP contribution in [0.1, 0.15) is 24.3 Å². The fraction of sp³-hybridized carbons (Fsp3) is 0.263. The Morgan fingerprint density at radius 3 is 2.93 bits per heavy atom. The van der Waals surface area contributed by atoms with Gasteiger partial charge in [-0.2, -0.15) is 5.10 Å². The molecule has 0 radical (unpaired) electrons. The molecular weight excluding hydrogens is 412 g/mol. The summed E-state index contributed by atoms with van der Waals surface area (Å²) < 4.78 is 7.21. The second-order valence-electron chi connectivity index (χ2n) is 6.26. The highest BCUT2D eigenvalue weighted by Crippen LogP contribution is 2.22. The Morgan fingerprint density at radius 2 is 2.21 bits per heavy atom. The Hall–Kier alpha value is -2.78. The molecule has 3 rings (SSSR count). The predicted molar refractivity (Wildman–Crippen MR) is 114 cm³/mol. The first-order valence-electron chi connectivity index (χ1n) is 8.86. The van der Waals surface area contributed by atoms with E-state index in [-0.39, 0.29) is 5.91 Å². The van der Waals surface area contributed by atoms with Gasteiger partial charge in [0.15, 0.2) is 11.0 Å². The van der Waals surface area contributed by atoms with Gasteiger partial charge in [0, 0.05) is 17.8 Å². The first kappa shape index (κ1) is 20.9. The average Bonchev–Trinajstić information content (AvgIpc) is 3.26. The molecule has 3 aromatic rings.